The molecule has 2 aromatic carbocycles. The molecule has 0 N–H and O–H groups in total. The first-order chi connectivity index (χ1) is 12.6. The van der Waals surface area contributed by atoms with Gasteiger partial charge in [-0.15, -0.1) is 0 Å². The van der Waals surface area contributed by atoms with Gasteiger partial charge in [0.1, 0.15) is 5.75 Å². The molecule has 1 unspecified atom stereocenters. The van der Waals surface area contributed by atoms with Crippen molar-refractivity contribution < 1.29 is 19.1 Å². The molecule has 2 aromatic rings. The van der Waals surface area contributed by atoms with Crippen molar-refractivity contribution in [2.45, 2.75) is 20.3 Å². The van der Waals surface area contributed by atoms with Gasteiger partial charge >= 0.3 is 11.9 Å². The lowest BCUT2D eigenvalue weighted by atomic mass is 10.1. The van der Waals surface area contributed by atoms with E-state index in [9.17, 15) is 9.59 Å². The van der Waals surface area contributed by atoms with Gasteiger partial charge in [0.25, 0.3) is 0 Å². The Kier molecular flexibility index (Phi) is 8.22. The Morgan fingerprint density at radius 1 is 1.00 bits per heavy atom. The topological polar surface area (TPSA) is 52.6 Å². The quantitative estimate of drug-likeness (QED) is 0.366. The van der Waals surface area contributed by atoms with Crippen molar-refractivity contribution in [1.82, 2.24) is 0 Å². The molecule has 0 bridgehead atoms. The van der Waals surface area contributed by atoms with Gasteiger partial charge in [0.2, 0.25) is 0 Å². The van der Waals surface area contributed by atoms with Gasteiger partial charge in [-0.3, -0.25) is 9.59 Å². The second kappa shape index (κ2) is 10.7. The van der Waals surface area contributed by atoms with E-state index in [4.69, 9.17) is 9.47 Å². The molecule has 5 heteroatoms. The fourth-order valence-corrected chi connectivity index (χ4v) is 3.25. The molecule has 0 aromatic heterocycles. The van der Waals surface area contributed by atoms with Crippen molar-refractivity contribution >= 4 is 23.7 Å². The Bertz CT molecular complexity index is 698. The minimum absolute atomic E-state index is 0.200. The number of hydrogen-bond donors (Lipinski definition) is 0. The Balaban J connectivity index is 1.77. The Labute approximate surface area is 158 Å². The van der Waals surface area contributed by atoms with Crippen LogP contribution in [0, 0.1) is 5.92 Å². The number of carbonyl (C=O) groups is 2. The summed E-state index contributed by atoms with van der Waals surface area (Å²) in [5.74, 6) is 1.09. The van der Waals surface area contributed by atoms with E-state index in [2.05, 4.69) is 0 Å². The van der Waals surface area contributed by atoms with Gasteiger partial charge in [-0.1, -0.05) is 49.4 Å². The molecule has 0 amide bonds. The Morgan fingerprint density at radius 2 is 1.65 bits per heavy atom. The SMILES string of the molecule is CCOC(=O)CCSCC(C)C(=O)Oc1ccc(-c2ccccc2)cc1. The van der Waals surface area contributed by atoms with Crippen LogP contribution in [0.4, 0.5) is 0 Å². The summed E-state index contributed by atoms with van der Waals surface area (Å²) in [7, 11) is 0. The van der Waals surface area contributed by atoms with Crippen molar-refractivity contribution in [3.8, 4) is 16.9 Å². The number of rotatable bonds is 9. The number of hydrogen-bond acceptors (Lipinski definition) is 5. The molecule has 4 nitrogen and oxygen atoms in total. The first-order valence-electron chi connectivity index (χ1n) is 8.70. The summed E-state index contributed by atoms with van der Waals surface area (Å²) in [6.07, 6.45) is 0.362. The molecule has 0 saturated carbocycles. The second-order valence-electron chi connectivity index (χ2n) is 5.84. The molecule has 0 saturated heterocycles. The average Bonchev–Trinajstić information content (AvgIpc) is 2.66. The molecule has 0 spiro atoms. The van der Waals surface area contributed by atoms with E-state index in [1.54, 1.807) is 30.8 Å². The van der Waals surface area contributed by atoms with Gasteiger partial charge in [0.05, 0.1) is 18.9 Å². The predicted octanol–water partition coefficient (Wildman–Crippen LogP) is 4.58. The van der Waals surface area contributed by atoms with Crippen LogP contribution in [0.2, 0.25) is 0 Å². The number of ether oxygens (including phenoxy) is 2. The number of carbonyl (C=O) groups excluding carboxylic acids is 2. The zero-order valence-electron chi connectivity index (χ0n) is 15.1. The lowest BCUT2D eigenvalue weighted by molar-refractivity contribution is -0.142. The van der Waals surface area contributed by atoms with Crippen LogP contribution >= 0.6 is 11.8 Å². The number of benzene rings is 2. The molecule has 1 atom stereocenters. The first-order valence-corrected chi connectivity index (χ1v) is 9.86. The maximum absolute atomic E-state index is 12.2. The van der Waals surface area contributed by atoms with Crippen LogP contribution in [-0.2, 0) is 14.3 Å². The zero-order valence-corrected chi connectivity index (χ0v) is 16.0. The molecule has 0 aliphatic heterocycles. The normalized spacial score (nSPS) is 11.6. The molecule has 0 heterocycles. The molecular weight excluding hydrogens is 348 g/mol. The summed E-state index contributed by atoms with van der Waals surface area (Å²) in [6, 6.07) is 17.5. The lowest BCUT2D eigenvalue weighted by Crippen LogP contribution is -2.20. The Hall–Kier alpha value is -2.27. The maximum Gasteiger partial charge on any atom is 0.314 e. The largest absolute Gasteiger partial charge is 0.466 e. The summed E-state index contributed by atoms with van der Waals surface area (Å²) >= 11 is 1.55. The third kappa shape index (κ3) is 6.56. The van der Waals surface area contributed by atoms with Crippen LogP contribution in [0.5, 0.6) is 5.75 Å². The van der Waals surface area contributed by atoms with Crippen LogP contribution in [0.3, 0.4) is 0 Å². The minimum atomic E-state index is -0.263. The smallest absolute Gasteiger partial charge is 0.314 e. The van der Waals surface area contributed by atoms with Crippen molar-refractivity contribution in [2.75, 3.05) is 18.1 Å². The fourth-order valence-electron chi connectivity index (χ4n) is 2.28. The number of esters is 2. The summed E-state index contributed by atoms with van der Waals surface area (Å²) < 4.78 is 10.3. The maximum atomic E-state index is 12.2. The van der Waals surface area contributed by atoms with Crippen molar-refractivity contribution in [3.63, 3.8) is 0 Å². The Morgan fingerprint density at radius 3 is 2.31 bits per heavy atom. The molecular formula is C21H24O4S. The predicted molar refractivity (Wildman–Crippen MR) is 105 cm³/mol. The molecule has 0 aliphatic carbocycles. The summed E-state index contributed by atoms with van der Waals surface area (Å²) in [5.41, 5.74) is 2.20. The second-order valence-corrected chi connectivity index (χ2v) is 6.99. The van der Waals surface area contributed by atoms with Gasteiger partial charge in [-0.05, 0) is 30.2 Å². The van der Waals surface area contributed by atoms with E-state index in [1.807, 2.05) is 49.4 Å². The highest BCUT2D eigenvalue weighted by Crippen LogP contribution is 2.23. The average molecular weight is 372 g/mol. The van der Waals surface area contributed by atoms with E-state index in [0.29, 0.717) is 30.3 Å². The summed E-state index contributed by atoms with van der Waals surface area (Å²) in [4.78, 5) is 23.4. The summed E-state index contributed by atoms with van der Waals surface area (Å²) in [6.45, 7) is 4.02. The lowest BCUT2D eigenvalue weighted by Gasteiger charge is -2.11. The van der Waals surface area contributed by atoms with Crippen LogP contribution in [0.25, 0.3) is 11.1 Å². The highest BCUT2D eigenvalue weighted by atomic mass is 32.2. The van der Waals surface area contributed by atoms with Crippen LogP contribution in [0.1, 0.15) is 20.3 Å². The van der Waals surface area contributed by atoms with Gasteiger partial charge in [-0.2, -0.15) is 11.8 Å². The molecule has 0 aliphatic rings. The van der Waals surface area contributed by atoms with Gasteiger partial charge in [-0.25, -0.2) is 0 Å². The fraction of sp³-hybridized carbons (Fsp3) is 0.333. The third-order valence-corrected chi connectivity index (χ3v) is 4.93. The third-order valence-electron chi connectivity index (χ3n) is 3.71. The van der Waals surface area contributed by atoms with E-state index in [1.165, 1.54) is 0 Å². The van der Waals surface area contributed by atoms with Crippen LogP contribution < -0.4 is 4.74 Å². The van der Waals surface area contributed by atoms with E-state index >= 15 is 0 Å². The van der Waals surface area contributed by atoms with Crippen molar-refractivity contribution in [3.05, 3.63) is 54.6 Å². The highest BCUT2D eigenvalue weighted by Gasteiger charge is 2.16. The highest BCUT2D eigenvalue weighted by molar-refractivity contribution is 7.99. The van der Waals surface area contributed by atoms with E-state index < -0.39 is 0 Å². The molecule has 0 fully saturated rings. The molecule has 2 rings (SSSR count). The van der Waals surface area contributed by atoms with Gasteiger partial charge in [0.15, 0.2) is 0 Å². The van der Waals surface area contributed by atoms with Crippen molar-refractivity contribution in [1.29, 1.82) is 0 Å². The standard InChI is InChI=1S/C21H24O4S/c1-3-24-20(22)13-14-26-15-16(2)21(23)25-19-11-9-18(10-12-19)17-7-5-4-6-8-17/h4-12,16H,3,13-15H2,1-2H3. The van der Waals surface area contributed by atoms with Crippen LogP contribution in [0.15, 0.2) is 54.6 Å². The van der Waals surface area contributed by atoms with Crippen LogP contribution in [-0.4, -0.2) is 30.1 Å². The monoisotopic (exact) mass is 372 g/mol. The van der Waals surface area contributed by atoms with Gasteiger partial charge < -0.3 is 9.47 Å². The minimum Gasteiger partial charge on any atom is -0.466 e. The molecule has 26 heavy (non-hydrogen) atoms. The molecule has 0 radical (unpaired) electrons. The van der Waals surface area contributed by atoms with Crippen molar-refractivity contribution in [2.24, 2.45) is 5.92 Å². The first kappa shape index (κ1) is 20.0. The number of thioether (sulfide) groups is 1. The van der Waals surface area contributed by atoms with E-state index in [0.717, 1.165) is 11.1 Å². The molecule has 138 valence electrons. The van der Waals surface area contributed by atoms with E-state index in [-0.39, 0.29) is 17.9 Å². The summed E-state index contributed by atoms with van der Waals surface area (Å²) in [5, 5.41) is 0. The zero-order chi connectivity index (χ0) is 18.8. The van der Waals surface area contributed by atoms with Gasteiger partial charge in [0, 0.05) is 11.5 Å².